The molecular weight excluding hydrogens is 586 g/mol. The molecule has 0 bridgehead atoms. The molecule has 0 spiro atoms. The first-order chi connectivity index (χ1) is 20.8. The second-order valence-electron chi connectivity index (χ2n) is 9.37. The number of hydrogen-bond donors (Lipinski definition) is 2. The molecule has 1 amide bonds. The quantitative estimate of drug-likeness (QED) is 0.171. The Bertz CT molecular complexity index is 1610. The maximum Gasteiger partial charge on any atom is 0.337 e. The van der Waals surface area contributed by atoms with Crippen LogP contribution >= 0.6 is 23.4 Å². The Kier molecular flexibility index (Phi) is 10.9. The Balaban J connectivity index is 1.65. The Hall–Kier alpha value is -4.65. The molecule has 0 unspecified atom stereocenters. The van der Waals surface area contributed by atoms with Crippen LogP contribution in [0.3, 0.4) is 0 Å². The van der Waals surface area contributed by atoms with Gasteiger partial charge in [-0.25, -0.2) is 4.79 Å². The normalized spacial score (nSPS) is 14.3. The molecule has 0 aromatic heterocycles. The first kappa shape index (κ1) is 31.3. The van der Waals surface area contributed by atoms with E-state index >= 15 is 0 Å². The molecule has 4 rings (SSSR count). The van der Waals surface area contributed by atoms with Gasteiger partial charge in [-0.15, -0.1) is 0 Å². The van der Waals surface area contributed by atoms with Crippen molar-refractivity contribution in [2.45, 2.75) is 19.4 Å². The van der Waals surface area contributed by atoms with E-state index in [0.717, 1.165) is 17.3 Å². The number of nitrogens with zero attached hydrogens (tertiary/aromatic N) is 1. The molecule has 1 aliphatic heterocycles. The van der Waals surface area contributed by atoms with Crippen molar-refractivity contribution in [1.82, 2.24) is 5.32 Å². The molecule has 43 heavy (non-hydrogen) atoms. The minimum Gasteiger partial charge on any atom is -0.493 e. The summed E-state index contributed by atoms with van der Waals surface area (Å²) in [7, 11) is 1.53. The summed E-state index contributed by atoms with van der Waals surface area (Å²) in [6.45, 7) is 5.69. The van der Waals surface area contributed by atoms with Crippen LogP contribution in [0, 0.1) is 11.3 Å². The summed E-state index contributed by atoms with van der Waals surface area (Å²) in [4.78, 5) is 26.0. The number of halogens is 1. The molecular formula is C33H30ClN3O5S. The summed E-state index contributed by atoms with van der Waals surface area (Å²) in [6.07, 6.45) is 1.47. The van der Waals surface area contributed by atoms with Crippen LogP contribution in [-0.2, 0) is 20.9 Å². The molecule has 3 aromatic rings. The first-order valence-electron chi connectivity index (χ1n) is 13.3. The number of thioether (sulfide) groups is 1. The van der Waals surface area contributed by atoms with Gasteiger partial charge in [0.05, 0.1) is 41.0 Å². The predicted molar refractivity (Wildman–Crippen MR) is 169 cm³/mol. The standard InChI is InChI=1S/C33H30ClN3O5S/c1-4-15-41-33(39)30-21(2)36-32(43-20-29(38)37-25-12-8-11-24(34)17-25)26(18-35)31(30)23-13-14-27(28(16-23)40-3)42-19-22-9-6-5-7-10-22/h4-14,16-17,31,36H,1,15,19-20H2,2-3H3,(H,37,38)/t31-/m1/s1. The number of nitriles is 1. The van der Waals surface area contributed by atoms with E-state index in [-0.39, 0.29) is 29.4 Å². The van der Waals surface area contributed by atoms with E-state index < -0.39 is 11.9 Å². The molecule has 3 aromatic carbocycles. The third-order valence-corrected chi connectivity index (χ3v) is 7.67. The number of hydrogen-bond acceptors (Lipinski definition) is 8. The van der Waals surface area contributed by atoms with Crippen LogP contribution in [0.25, 0.3) is 0 Å². The van der Waals surface area contributed by atoms with Crippen molar-refractivity contribution in [3.8, 4) is 17.6 Å². The number of benzene rings is 3. The van der Waals surface area contributed by atoms with Crippen molar-refractivity contribution in [3.05, 3.63) is 123 Å². The largest absolute Gasteiger partial charge is 0.493 e. The first-order valence-corrected chi connectivity index (χ1v) is 14.6. The van der Waals surface area contributed by atoms with E-state index in [1.54, 1.807) is 49.4 Å². The lowest BCUT2D eigenvalue weighted by molar-refractivity contribution is -0.138. The summed E-state index contributed by atoms with van der Waals surface area (Å²) in [5.41, 5.74) is 3.20. The highest BCUT2D eigenvalue weighted by molar-refractivity contribution is 8.03. The fourth-order valence-electron chi connectivity index (χ4n) is 4.46. The monoisotopic (exact) mass is 615 g/mol. The molecule has 8 nitrogen and oxygen atoms in total. The smallest absolute Gasteiger partial charge is 0.337 e. The van der Waals surface area contributed by atoms with Gasteiger partial charge in [-0.3, -0.25) is 4.79 Å². The second-order valence-corrected chi connectivity index (χ2v) is 10.8. The Labute approximate surface area is 260 Å². The minimum absolute atomic E-state index is 0.00581. The fourth-order valence-corrected chi connectivity index (χ4v) is 5.54. The van der Waals surface area contributed by atoms with E-state index in [4.69, 9.17) is 25.8 Å². The predicted octanol–water partition coefficient (Wildman–Crippen LogP) is 6.72. The lowest BCUT2D eigenvalue weighted by Crippen LogP contribution is -2.29. The van der Waals surface area contributed by atoms with Gasteiger partial charge in [0.2, 0.25) is 5.91 Å². The van der Waals surface area contributed by atoms with Crippen LogP contribution < -0.4 is 20.1 Å². The van der Waals surface area contributed by atoms with Gasteiger partial charge in [0.1, 0.15) is 13.2 Å². The third-order valence-electron chi connectivity index (χ3n) is 6.41. The SMILES string of the molecule is C=CCOC(=O)C1=C(C)NC(SCC(=O)Nc2cccc(Cl)c2)=C(C#N)[C@H]1c1ccc(OCc2ccccc2)c(OC)c1. The number of nitrogens with one attached hydrogen (secondary N) is 2. The highest BCUT2D eigenvalue weighted by atomic mass is 35.5. The Morgan fingerprint density at radius 1 is 1.12 bits per heavy atom. The molecule has 10 heteroatoms. The summed E-state index contributed by atoms with van der Waals surface area (Å²) >= 11 is 7.18. The van der Waals surface area contributed by atoms with Crippen LogP contribution in [0.1, 0.15) is 24.0 Å². The van der Waals surface area contributed by atoms with Crippen LogP contribution in [0.5, 0.6) is 11.5 Å². The minimum atomic E-state index is -0.792. The average Bonchev–Trinajstić information content (AvgIpc) is 3.01. The number of allylic oxidation sites excluding steroid dienone is 2. The molecule has 0 fully saturated rings. The van der Waals surface area contributed by atoms with Crippen LogP contribution in [0.15, 0.2) is 107 Å². The fraction of sp³-hybridized carbons (Fsp3) is 0.182. The number of esters is 1. The number of methoxy groups -OCH3 is 1. The summed E-state index contributed by atoms with van der Waals surface area (Å²) < 4.78 is 17.1. The number of dihydropyridines is 1. The van der Waals surface area contributed by atoms with Gasteiger partial charge in [-0.05, 0) is 48.4 Å². The zero-order chi connectivity index (χ0) is 30.8. The lowest BCUT2D eigenvalue weighted by atomic mass is 9.82. The van der Waals surface area contributed by atoms with Gasteiger partial charge >= 0.3 is 5.97 Å². The van der Waals surface area contributed by atoms with E-state index in [2.05, 4.69) is 23.3 Å². The summed E-state index contributed by atoms with van der Waals surface area (Å²) in [5, 5.41) is 17.3. The summed E-state index contributed by atoms with van der Waals surface area (Å²) in [6, 6.07) is 24.1. The van der Waals surface area contributed by atoms with E-state index in [1.807, 2.05) is 30.3 Å². The number of rotatable bonds is 12. The van der Waals surface area contributed by atoms with Gasteiger partial charge in [0, 0.05) is 16.4 Å². The molecule has 220 valence electrons. The maximum atomic E-state index is 13.3. The topological polar surface area (TPSA) is 110 Å². The molecule has 0 radical (unpaired) electrons. The highest BCUT2D eigenvalue weighted by Gasteiger charge is 2.36. The number of carbonyl (C=O) groups is 2. The molecule has 1 heterocycles. The van der Waals surface area contributed by atoms with Crippen molar-refractivity contribution in [2.24, 2.45) is 0 Å². The molecule has 1 atom stereocenters. The zero-order valence-electron chi connectivity index (χ0n) is 23.7. The molecule has 1 aliphatic rings. The number of anilines is 1. The average molecular weight is 616 g/mol. The van der Waals surface area contributed by atoms with Gasteiger partial charge in [-0.1, -0.05) is 78.5 Å². The summed E-state index contributed by atoms with van der Waals surface area (Å²) in [5.74, 6) is -0.708. The van der Waals surface area contributed by atoms with Crippen molar-refractivity contribution in [3.63, 3.8) is 0 Å². The van der Waals surface area contributed by atoms with E-state index in [1.165, 1.54) is 13.2 Å². The zero-order valence-corrected chi connectivity index (χ0v) is 25.3. The van der Waals surface area contributed by atoms with Gasteiger partial charge in [0.15, 0.2) is 11.5 Å². The van der Waals surface area contributed by atoms with E-state index in [9.17, 15) is 14.9 Å². The van der Waals surface area contributed by atoms with Gasteiger partial charge in [-0.2, -0.15) is 5.26 Å². The maximum absolute atomic E-state index is 13.3. The third kappa shape index (κ3) is 8.01. The molecule has 0 saturated carbocycles. The molecule has 0 saturated heterocycles. The van der Waals surface area contributed by atoms with Crippen molar-refractivity contribution in [2.75, 3.05) is 24.8 Å². The van der Waals surface area contributed by atoms with Crippen LogP contribution in [0.4, 0.5) is 5.69 Å². The highest BCUT2D eigenvalue weighted by Crippen LogP contribution is 2.43. The van der Waals surface area contributed by atoms with Crippen molar-refractivity contribution >= 4 is 40.9 Å². The van der Waals surface area contributed by atoms with Crippen LogP contribution in [0.2, 0.25) is 5.02 Å². The van der Waals surface area contributed by atoms with Crippen molar-refractivity contribution < 1.29 is 23.8 Å². The van der Waals surface area contributed by atoms with Crippen LogP contribution in [-0.4, -0.2) is 31.3 Å². The second kappa shape index (κ2) is 15.0. The Morgan fingerprint density at radius 3 is 2.60 bits per heavy atom. The van der Waals surface area contributed by atoms with Gasteiger partial charge in [0.25, 0.3) is 0 Å². The number of ether oxygens (including phenoxy) is 3. The van der Waals surface area contributed by atoms with Gasteiger partial charge < -0.3 is 24.8 Å². The number of amides is 1. The van der Waals surface area contributed by atoms with E-state index in [0.29, 0.717) is 45.1 Å². The molecule has 2 N–H and O–H groups in total. The molecule has 0 aliphatic carbocycles. The number of carbonyl (C=O) groups excluding carboxylic acids is 2. The van der Waals surface area contributed by atoms with Crippen molar-refractivity contribution in [1.29, 1.82) is 5.26 Å². The Morgan fingerprint density at radius 2 is 1.91 bits per heavy atom. The lowest BCUT2D eigenvalue weighted by Gasteiger charge is -2.29.